The molecule has 6 aromatic rings. The summed E-state index contributed by atoms with van der Waals surface area (Å²) >= 11 is 37.7. The lowest BCUT2D eigenvalue weighted by Gasteiger charge is -2.49. The van der Waals surface area contributed by atoms with Crippen molar-refractivity contribution in [2.75, 3.05) is 124 Å². The van der Waals surface area contributed by atoms with Crippen molar-refractivity contribution in [2.45, 2.75) is 156 Å². The number of nitrogens with one attached hydrogen (secondary N) is 3. The van der Waals surface area contributed by atoms with Crippen LogP contribution in [0.1, 0.15) is 165 Å². The van der Waals surface area contributed by atoms with E-state index in [9.17, 15) is 28.8 Å². The van der Waals surface area contributed by atoms with Gasteiger partial charge in [-0.15, -0.1) is 0 Å². The predicted octanol–water partition coefficient (Wildman–Crippen LogP) is 14.8. The van der Waals surface area contributed by atoms with E-state index in [4.69, 9.17) is 69.6 Å². The number of hydrogen-bond acceptors (Lipinski definition) is 12. The Labute approximate surface area is 698 Å². The number of hydrogen-bond donors (Lipinski definition) is 3. The van der Waals surface area contributed by atoms with Crippen LogP contribution in [0.4, 0.5) is 0 Å². The van der Waals surface area contributed by atoms with Crippen LogP contribution in [0, 0.1) is 65.2 Å². The lowest BCUT2D eigenvalue weighted by atomic mass is 9.76. The number of carbonyl (C=O) groups excluding carboxylic acids is 6. The number of rotatable bonds is 18. The van der Waals surface area contributed by atoms with Crippen molar-refractivity contribution in [1.82, 2.24) is 60.0 Å². The van der Waals surface area contributed by atoms with Gasteiger partial charge in [-0.25, -0.2) is 0 Å². The van der Waals surface area contributed by atoms with E-state index in [1.165, 1.54) is 32.1 Å². The van der Waals surface area contributed by atoms with Crippen LogP contribution in [0.2, 0.25) is 30.1 Å². The van der Waals surface area contributed by atoms with Crippen LogP contribution in [-0.2, 0) is 14.4 Å². The van der Waals surface area contributed by atoms with Crippen LogP contribution in [0.5, 0.6) is 0 Å². The maximum Gasteiger partial charge on any atom is 0.254 e. The van der Waals surface area contributed by atoms with Crippen molar-refractivity contribution in [1.29, 1.82) is 0 Å². The molecule has 11 unspecified atom stereocenters. The number of aryl methyl sites for hydroxylation is 6. The molecule has 11 atom stereocenters. The molecule has 3 N–H and O–H groups in total. The highest BCUT2D eigenvalue weighted by Crippen LogP contribution is 2.46. The highest BCUT2D eigenvalue weighted by molar-refractivity contribution is 6.43. The van der Waals surface area contributed by atoms with E-state index in [0.29, 0.717) is 179 Å². The molecular formula is C89H112Cl6N12O6. The Bertz CT molecular complexity index is 4400. The maximum absolute atomic E-state index is 13.7. The zero-order chi connectivity index (χ0) is 80.2. The third-order valence-corrected chi connectivity index (χ3v) is 27.8. The Morgan fingerprint density at radius 1 is 0.363 bits per heavy atom. The first-order valence-electron chi connectivity index (χ1n) is 41.0. The summed E-state index contributed by atoms with van der Waals surface area (Å²) in [6, 6.07) is 35.9. The molecule has 6 amide bonds. The zero-order valence-electron chi connectivity index (χ0n) is 66.9. The molecule has 0 aromatic heterocycles. The normalized spacial score (nSPS) is 25.6. The standard InChI is InChI=1S/C31H40Cl2N4O2.C30H38Cl2N4O2.C28H34Cl2N4O2/c1-4-35-18-23-6-5-7-25(35)16-28(23)34-17-30(38)37-11-10-36(31(39)24-13-20(2)12-21(3)14-24)19-29(37)22-8-9-26(32)27(33)15-22;1-4-34-17-22-5-7-24(34)15-27(22)33-16-29(37)36-10-9-35(30(38)23-12-19(2)11-20(3)13-23)18-28(36)21-6-8-25(31)26(32)14-21;1-4-32-14-21-22(15-32)27(21)31-13-26(35)34-8-7-33(28(36)20-10-17(2)9-18(3)11-20)16-25(34)19-5-6-23(29)24(30)12-19/h8-9,12-15,23,25,28-29,34H,4-7,10-11,16-19H2,1-3H3;6,8,11-14,22,24,27-28,33H,4-5,7,9-10,15-18H2,1-3H3;5-6,9-12,21-22,25,27,31H,4,7-8,13-16H2,1-3H3. The van der Waals surface area contributed by atoms with Gasteiger partial charge in [0, 0.05) is 132 Å². The number of amides is 6. The van der Waals surface area contributed by atoms with Gasteiger partial charge in [0.15, 0.2) is 0 Å². The highest BCUT2D eigenvalue weighted by Gasteiger charge is 2.55. The molecule has 3 aliphatic carbocycles. The minimum Gasteiger partial charge on any atom is -0.334 e. The molecule has 6 aromatic carbocycles. The van der Waals surface area contributed by atoms with Gasteiger partial charge in [0.2, 0.25) is 17.7 Å². The molecule has 24 heteroatoms. The summed E-state index contributed by atoms with van der Waals surface area (Å²) < 4.78 is 0. The fraction of sp³-hybridized carbons (Fsp3) is 0.528. The van der Waals surface area contributed by atoms with Gasteiger partial charge < -0.3 is 60.0 Å². The van der Waals surface area contributed by atoms with Crippen molar-refractivity contribution in [3.63, 3.8) is 0 Å². The molecule has 0 spiro atoms. The molecule has 8 aliphatic heterocycles. The highest BCUT2D eigenvalue weighted by atomic mass is 35.5. The van der Waals surface area contributed by atoms with Crippen molar-refractivity contribution in [3.8, 4) is 0 Å². The summed E-state index contributed by atoms with van der Waals surface area (Å²) in [5.41, 5.74) is 11.1. The molecule has 18 nitrogen and oxygen atoms in total. The first kappa shape index (κ1) is 84.6. The van der Waals surface area contributed by atoms with Crippen molar-refractivity contribution in [2.24, 2.45) is 23.7 Å². The molecule has 3 saturated carbocycles. The Morgan fingerprint density at radius 2 is 0.699 bits per heavy atom. The molecule has 113 heavy (non-hydrogen) atoms. The van der Waals surface area contributed by atoms with Gasteiger partial charge >= 0.3 is 0 Å². The summed E-state index contributed by atoms with van der Waals surface area (Å²) in [4.78, 5) is 100. The lowest BCUT2D eigenvalue weighted by Crippen LogP contribution is -2.59. The summed E-state index contributed by atoms with van der Waals surface area (Å²) in [5.74, 6) is 2.68. The number of piperazine rings is 3. The molecule has 17 rings (SSSR count). The number of piperidine rings is 4. The predicted molar refractivity (Wildman–Crippen MR) is 454 cm³/mol. The van der Waals surface area contributed by atoms with Crippen LogP contribution < -0.4 is 16.0 Å². The Kier molecular flexibility index (Phi) is 28.1. The summed E-state index contributed by atoms with van der Waals surface area (Å²) in [5, 5.41) is 13.6. The van der Waals surface area contributed by atoms with Crippen LogP contribution in [0.3, 0.4) is 0 Å². The van der Waals surface area contributed by atoms with Crippen molar-refractivity contribution >= 4 is 105 Å². The minimum absolute atomic E-state index is 0.00737. The number of nitrogens with zero attached hydrogens (tertiary/aromatic N) is 9. The number of halogens is 6. The van der Waals surface area contributed by atoms with E-state index in [0.717, 1.165) is 109 Å². The van der Waals surface area contributed by atoms with E-state index in [1.54, 1.807) is 18.2 Å². The average Bonchev–Trinajstić information content (AvgIpc) is 1.59. The van der Waals surface area contributed by atoms with Crippen LogP contribution in [0.15, 0.2) is 109 Å². The zero-order valence-corrected chi connectivity index (χ0v) is 71.5. The monoisotopic (exact) mass is 1650 g/mol. The van der Waals surface area contributed by atoms with Crippen LogP contribution >= 0.6 is 69.6 Å². The fourth-order valence-electron chi connectivity index (χ4n) is 19.7. The Morgan fingerprint density at radius 3 is 1.02 bits per heavy atom. The quantitative estimate of drug-likeness (QED) is 0.0746. The topological polar surface area (TPSA) is 168 Å². The second kappa shape index (κ2) is 37.5. The number of benzene rings is 6. The van der Waals surface area contributed by atoms with Crippen LogP contribution in [-0.4, -0.2) is 234 Å². The molecule has 0 radical (unpaired) electrons. The van der Waals surface area contributed by atoms with Crippen molar-refractivity contribution in [3.05, 3.63) is 206 Å². The largest absolute Gasteiger partial charge is 0.334 e. The van der Waals surface area contributed by atoms with Gasteiger partial charge in [0.05, 0.1) is 67.9 Å². The summed E-state index contributed by atoms with van der Waals surface area (Å²) in [6.07, 6.45) is 8.48. The first-order valence-corrected chi connectivity index (χ1v) is 43.2. The number of carbonyl (C=O) groups is 6. The number of likely N-dealkylation sites (tertiary alicyclic amines) is 1. The molecular weight excluding hydrogens is 1550 g/mol. The van der Waals surface area contributed by atoms with Crippen LogP contribution in [0.25, 0.3) is 0 Å². The minimum atomic E-state index is -0.293. The molecule has 8 heterocycles. The van der Waals surface area contributed by atoms with E-state index < -0.39 is 0 Å². The Balaban J connectivity index is 0.000000148. The van der Waals surface area contributed by atoms with Gasteiger partial charge in [-0.1, -0.05) is 167 Å². The third kappa shape index (κ3) is 20.1. The fourth-order valence-corrected chi connectivity index (χ4v) is 20.6. The third-order valence-electron chi connectivity index (χ3n) is 25.5. The van der Waals surface area contributed by atoms with Gasteiger partial charge in [-0.3, -0.25) is 28.8 Å². The SMILES string of the molecule is CCN1CC2C(C1)C2NCC(=O)N1CCN(C(=O)c2cc(C)cc(C)c2)CC1c1ccc(Cl)c(Cl)c1.CCN1CC2CCC1CC2NCC(=O)N1CCN(C(=O)c2cc(C)cc(C)c2)CC1c1ccc(Cl)c(Cl)c1.CCN1CC2CCCC1CC2NCC(=O)N1CCN(C(=O)c2cc(C)cc(C)c2)CC1c1ccc(Cl)c(Cl)c1. The Hall–Kier alpha value is -6.36. The molecule has 4 bridgehead atoms. The van der Waals surface area contributed by atoms with E-state index >= 15 is 0 Å². The molecule has 8 saturated heterocycles. The van der Waals surface area contributed by atoms with Gasteiger partial charge in [0.25, 0.3) is 17.7 Å². The van der Waals surface area contributed by atoms with Gasteiger partial charge in [-0.2, -0.15) is 0 Å². The second-order valence-corrected chi connectivity index (χ2v) is 35.7. The van der Waals surface area contributed by atoms with E-state index in [1.807, 2.05) is 144 Å². The average molecular weight is 1660 g/mol. The lowest BCUT2D eigenvalue weighted by molar-refractivity contribution is -0.136. The van der Waals surface area contributed by atoms with E-state index in [-0.39, 0.29) is 53.6 Å². The molecule has 11 aliphatic rings. The smallest absolute Gasteiger partial charge is 0.254 e. The summed E-state index contributed by atoms with van der Waals surface area (Å²) in [7, 11) is 0. The maximum atomic E-state index is 13.7. The molecule has 11 fully saturated rings. The van der Waals surface area contributed by atoms with Crippen molar-refractivity contribution < 1.29 is 28.8 Å². The summed E-state index contributed by atoms with van der Waals surface area (Å²) in [6.45, 7) is 31.6. The second-order valence-electron chi connectivity index (χ2n) is 33.3. The van der Waals surface area contributed by atoms with Gasteiger partial charge in [-0.05, 0) is 213 Å². The first-order chi connectivity index (χ1) is 54.2. The molecule has 606 valence electrons. The number of fused-ring (bicyclic) bond motifs is 8. The van der Waals surface area contributed by atoms with E-state index in [2.05, 4.69) is 69.6 Å². The van der Waals surface area contributed by atoms with Gasteiger partial charge in [0.1, 0.15) is 0 Å².